The maximum absolute atomic E-state index is 11.0. The predicted molar refractivity (Wildman–Crippen MR) is 64.1 cm³/mol. The van der Waals surface area contributed by atoms with Crippen LogP contribution in [0.15, 0.2) is 23.9 Å². The summed E-state index contributed by atoms with van der Waals surface area (Å²) in [5.41, 5.74) is 7.88. The zero-order valence-corrected chi connectivity index (χ0v) is 9.53. The molecule has 0 saturated carbocycles. The molecular formula is C12H14N2O3. The maximum Gasteiger partial charge on any atom is 0.221 e. The van der Waals surface area contributed by atoms with E-state index in [9.17, 15) is 4.79 Å². The summed E-state index contributed by atoms with van der Waals surface area (Å²) in [6.45, 7) is 1.86. The van der Waals surface area contributed by atoms with Gasteiger partial charge in [0.05, 0.1) is 12.3 Å². The topological polar surface area (TPSA) is 73.6 Å². The third-order valence-corrected chi connectivity index (χ3v) is 2.29. The highest BCUT2D eigenvalue weighted by Crippen LogP contribution is 2.29. The zero-order valence-electron chi connectivity index (χ0n) is 9.53. The summed E-state index contributed by atoms with van der Waals surface area (Å²) in [6.07, 6.45) is 1.80. The second-order valence-corrected chi connectivity index (χ2v) is 3.73. The Labute approximate surface area is 99.2 Å². The number of hydrogen-bond acceptors (Lipinski definition) is 4. The van der Waals surface area contributed by atoms with Gasteiger partial charge in [0, 0.05) is 18.2 Å². The van der Waals surface area contributed by atoms with Crippen molar-refractivity contribution in [2.45, 2.75) is 6.92 Å². The van der Waals surface area contributed by atoms with Gasteiger partial charge in [0.15, 0.2) is 12.5 Å². The van der Waals surface area contributed by atoms with E-state index in [0.29, 0.717) is 23.7 Å². The molecule has 0 radical (unpaired) electrons. The molecular weight excluding hydrogens is 220 g/mol. The minimum Gasteiger partial charge on any atom is -0.465 e. The lowest BCUT2D eigenvalue weighted by Gasteiger charge is -2.17. The lowest BCUT2D eigenvalue weighted by Crippen LogP contribution is -2.24. The van der Waals surface area contributed by atoms with Gasteiger partial charge in [-0.3, -0.25) is 4.79 Å². The summed E-state index contributed by atoms with van der Waals surface area (Å²) in [7, 11) is 0. The third-order valence-electron chi connectivity index (χ3n) is 2.29. The number of rotatable bonds is 1. The number of carbonyl (C=O) groups is 1. The average molecular weight is 234 g/mol. The number of nitrogens with two attached hydrogens (primary N) is 1. The van der Waals surface area contributed by atoms with Crippen LogP contribution in [0.4, 0.5) is 5.69 Å². The fraction of sp³-hybridized carbons (Fsp3) is 0.250. The van der Waals surface area contributed by atoms with Crippen molar-refractivity contribution < 1.29 is 14.3 Å². The lowest BCUT2D eigenvalue weighted by atomic mass is 10.1. The van der Waals surface area contributed by atoms with Gasteiger partial charge < -0.3 is 20.5 Å². The zero-order chi connectivity index (χ0) is 12.3. The lowest BCUT2D eigenvalue weighted by molar-refractivity contribution is -0.118. The number of nitrogen functional groups attached to an aromatic ring is 1. The van der Waals surface area contributed by atoms with Crippen molar-refractivity contribution in [3.63, 3.8) is 0 Å². The standard InChI is InChI=1S/C12H14N2O3/c1-8(15)14-10-5-9-3-2-4-11(13)12(9)17-7-16-6-10/h2-5H,6-7,13H2,1H3,(H,14,15)/b10-5+. The average Bonchev–Trinajstić information content (AvgIpc) is 2.22. The second-order valence-electron chi connectivity index (χ2n) is 3.73. The molecule has 0 aromatic heterocycles. The minimum atomic E-state index is -0.133. The first-order valence-electron chi connectivity index (χ1n) is 5.24. The normalized spacial score (nSPS) is 17.8. The van der Waals surface area contributed by atoms with Gasteiger partial charge in [-0.2, -0.15) is 0 Å². The van der Waals surface area contributed by atoms with Gasteiger partial charge >= 0.3 is 0 Å². The van der Waals surface area contributed by atoms with Crippen molar-refractivity contribution in [3.05, 3.63) is 29.5 Å². The molecule has 1 amide bonds. The number of nitrogens with one attached hydrogen (secondary N) is 1. The second kappa shape index (κ2) is 4.88. The quantitative estimate of drug-likeness (QED) is 0.714. The Balaban J connectivity index is 2.38. The Hall–Kier alpha value is -2.01. The van der Waals surface area contributed by atoms with Gasteiger partial charge in [-0.25, -0.2) is 0 Å². The number of para-hydroxylation sites is 1. The number of fused-ring (bicyclic) bond motifs is 1. The van der Waals surface area contributed by atoms with Crippen LogP contribution in [0.2, 0.25) is 0 Å². The molecule has 1 aromatic rings. The molecule has 1 heterocycles. The number of amides is 1. The van der Waals surface area contributed by atoms with E-state index in [4.69, 9.17) is 15.2 Å². The van der Waals surface area contributed by atoms with Crippen molar-refractivity contribution in [2.75, 3.05) is 19.1 Å². The van der Waals surface area contributed by atoms with Gasteiger partial charge in [0.1, 0.15) is 0 Å². The highest BCUT2D eigenvalue weighted by Gasteiger charge is 2.11. The molecule has 0 fully saturated rings. The molecule has 0 spiro atoms. The summed E-state index contributed by atoms with van der Waals surface area (Å²) in [6, 6.07) is 5.47. The van der Waals surface area contributed by atoms with Gasteiger partial charge in [0.2, 0.25) is 5.91 Å². The van der Waals surface area contributed by atoms with Crippen molar-refractivity contribution in [3.8, 4) is 5.75 Å². The molecule has 90 valence electrons. The van der Waals surface area contributed by atoms with Crippen LogP contribution in [0.5, 0.6) is 5.75 Å². The molecule has 1 aliphatic rings. The van der Waals surface area contributed by atoms with Crippen LogP contribution >= 0.6 is 0 Å². The van der Waals surface area contributed by atoms with E-state index >= 15 is 0 Å². The molecule has 0 unspecified atom stereocenters. The van der Waals surface area contributed by atoms with E-state index in [2.05, 4.69) is 5.32 Å². The van der Waals surface area contributed by atoms with E-state index in [1.54, 1.807) is 12.1 Å². The predicted octanol–water partition coefficient (Wildman–Crippen LogP) is 1.11. The summed E-state index contributed by atoms with van der Waals surface area (Å²) in [5, 5.41) is 2.71. The third kappa shape index (κ3) is 2.76. The van der Waals surface area contributed by atoms with E-state index in [1.165, 1.54) is 6.92 Å². The molecule has 0 aliphatic carbocycles. The molecule has 1 aliphatic heterocycles. The van der Waals surface area contributed by atoms with Gasteiger partial charge in [-0.15, -0.1) is 0 Å². The number of carbonyl (C=O) groups excluding carboxylic acids is 1. The molecule has 5 nitrogen and oxygen atoms in total. The fourth-order valence-electron chi connectivity index (χ4n) is 1.63. The van der Waals surface area contributed by atoms with Crippen molar-refractivity contribution in [1.29, 1.82) is 0 Å². The van der Waals surface area contributed by atoms with Crippen LogP contribution in [0, 0.1) is 0 Å². The molecule has 2 rings (SSSR count). The van der Waals surface area contributed by atoms with Crippen LogP contribution in [0.1, 0.15) is 12.5 Å². The van der Waals surface area contributed by atoms with E-state index < -0.39 is 0 Å². The highest BCUT2D eigenvalue weighted by molar-refractivity contribution is 5.77. The molecule has 0 bridgehead atoms. The van der Waals surface area contributed by atoms with Crippen molar-refractivity contribution in [1.82, 2.24) is 5.32 Å². The van der Waals surface area contributed by atoms with Crippen LogP contribution in [-0.2, 0) is 9.53 Å². The van der Waals surface area contributed by atoms with Gasteiger partial charge in [0.25, 0.3) is 0 Å². The van der Waals surface area contributed by atoms with E-state index in [-0.39, 0.29) is 12.7 Å². The Kier molecular flexibility index (Phi) is 3.30. The Morgan fingerprint density at radius 3 is 3.06 bits per heavy atom. The first-order chi connectivity index (χ1) is 8.16. The Bertz CT molecular complexity index is 469. The maximum atomic E-state index is 11.0. The summed E-state index contributed by atoms with van der Waals surface area (Å²) in [5.74, 6) is 0.446. The molecule has 1 aromatic carbocycles. The number of anilines is 1. The van der Waals surface area contributed by atoms with Crippen molar-refractivity contribution >= 4 is 17.7 Å². The fourth-order valence-corrected chi connectivity index (χ4v) is 1.63. The highest BCUT2D eigenvalue weighted by atomic mass is 16.7. The first-order valence-corrected chi connectivity index (χ1v) is 5.24. The smallest absolute Gasteiger partial charge is 0.221 e. The van der Waals surface area contributed by atoms with Crippen LogP contribution in [-0.4, -0.2) is 19.3 Å². The van der Waals surface area contributed by atoms with Crippen LogP contribution in [0.25, 0.3) is 6.08 Å². The van der Waals surface area contributed by atoms with E-state index in [1.807, 2.05) is 12.1 Å². The minimum absolute atomic E-state index is 0.109. The molecule has 5 heteroatoms. The van der Waals surface area contributed by atoms with Gasteiger partial charge in [-0.1, -0.05) is 12.1 Å². The monoisotopic (exact) mass is 234 g/mol. The summed E-state index contributed by atoms with van der Waals surface area (Å²) < 4.78 is 10.6. The summed E-state index contributed by atoms with van der Waals surface area (Å²) >= 11 is 0. The molecule has 0 atom stereocenters. The van der Waals surface area contributed by atoms with Crippen LogP contribution in [0.3, 0.4) is 0 Å². The van der Waals surface area contributed by atoms with E-state index in [0.717, 1.165) is 5.56 Å². The molecule has 17 heavy (non-hydrogen) atoms. The first kappa shape index (κ1) is 11.5. The Morgan fingerprint density at radius 2 is 2.29 bits per heavy atom. The molecule has 0 saturated heterocycles. The van der Waals surface area contributed by atoms with Gasteiger partial charge in [-0.05, 0) is 12.1 Å². The summed E-state index contributed by atoms with van der Waals surface area (Å²) in [4.78, 5) is 11.0. The number of benzene rings is 1. The van der Waals surface area contributed by atoms with Crippen molar-refractivity contribution in [2.24, 2.45) is 0 Å². The van der Waals surface area contributed by atoms with Crippen LogP contribution < -0.4 is 15.8 Å². The number of hydrogen-bond donors (Lipinski definition) is 2. The number of ether oxygens (including phenoxy) is 2. The Morgan fingerprint density at radius 1 is 1.47 bits per heavy atom. The SMILES string of the molecule is CC(=O)N/C1=C/c2cccc(N)c2OCOC1. The molecule has 3 N–H and O–H groups in total. The largest absolute Gasteiger partial charge is 0.465 e.